The molecular formula is C66H50F2N4O8. The Labute approximate surface area is 459 Å². The topological polar surface area (TPSA) is 150 Å². The molecule has 0 bridgehead atoms. The zero-order valence-electron chi connectivity index (χ0n) is 45.4. The smallest absolute Gasteiger partial charge is 0.266 e. The van der Waals surface area contributed by atoms with Gasteiger partial charge in [0.05, 0.1) is 55.9 Å². The number of hydrogen-bond acceptors (Lipinski definition) is 8. The SMILES string of the molecule is Cc1ccc(-c2ccc(N3C(=O)c4cc(C)c(-c5cc6c(cc5C)C(=O)N(C)C6=O)cc4C3=O)cc2C)c(C)c1.Cc1ccc(-c2ccc(N3C(=O)c4cc(C)c(-c5cc6c(cc5C)C(=O)N(C)C6=O)cc4C3=O)cc2F)c(F)c1. The first-order valence-electron chi connectivity index (χ1n) is 25.7. The molecule has 0 saturated carbocycles. The second-order valence-electron chi connectivity index (χ2n) is 21.0. The quantitative estimate of drug-likeness (QED) is 0.149. The van der Waals surface area contributed by atoms with Crippen molar-refractivity contribution in [2.75, 3.05) is 23.9 Å². The molecule has 0 aliphatic carbocycles. The van der Waals surface area contributed by atoms with Gasteiger partial charge in [-0.25, -0.2) is 18.6 Å². The molecule has 0 unspecified atom stereocenters. The number of carbonyl (C=O) groups excluding carboxylic acids is 8. The number of aryl methyl sites for hydroxylation is 8. The number of halogens is 2. The minimum Gasteiger partial charge on any atom is -0.277 e. The number of amides is 8. The number of benzene rings is 8. The summed E-state index contributed by atoms with van der Waals surface area (Å²) in [4.78, 5) is 108. The van der Waals surface area contributed by atoms with E-state index in [1.54, 1.807) is 75.4 Å². The normalized spacial score (nSPS) is 14.3. The van der Waals surface area contributed by atoms with Crippen molar-refractivity contribution in [2.24, 2.45) is 0 Å². The lowest BCUT2D eigenvalue weighted by molar-refractivity contribution is 0.0678. The molecule has 0 radical (unpaired) electrons. The van der Waals surface area contributed by atoms with Gasteiger partial charge in [0.25, 0.3) is 47.3 Å². The molecule has 80 heavy (non-hydrogen) atoms. The number of anilines is 2. The average molecular weight is 1070 g/mol. The Kier molecular flexibility index (Phi) is 12.4. The van der Waals surface area contributed by atoms with E-state index in [4.69, 9.17) is 0 Å². The average Bonchev–Trinajstić information content (AvgIpc) is 3.99. The molecule has 4 aliphatic rings. The number of hydrogen-bond donors (Lipinski definition) is 0. The molecule has 8 aromatic carbocycles. The van der Waals surface area contributed by atoms with Gasteiger partial charge in [0.1, 0.15) is 11.6 Å². The fourth-order valence-electron chi connectivity index (χ4n) is 11.4. The Hall–Kier alpha value is -9.82. The third kappa shape index (κ3) is 8.16. The Balaban J connectivity index is 0.000000169. The van der Waals surface area contributed by atoms with Crippen molar-refractivity contribution in [3.05, 3.63) is 222 Å². The third-order valence-electron chi connectivity index (χ3n) is 15.7. The molecular weight excluding hydrogens is 1010 g/mol. The monoisotopic (exact) mass is 1060 g/mol. The molecule has 0 spiro atoms. The maximum absolute atomic E-state index is 15.2. The van der Waals surface area contributed by atoms with E-state index in [0.29, 0.717) is 55.8 Å². The van der Waals surface area contributed by atoms with Crippen LogP contribution in [0.3, 0.4) is 0 Å². The van der Waals surface area contributed by atoms with E-state index in [2.05, 4.69) is 32.0 Å². The summed E-state index contributed by atoms with van der Waals surface area (Å²) in [5, 5.41) is 0. The van der Waals surface area contributed by atoms with Gasteiger partial charge in [-0.3, -0.25) is 48.2 Å². The Morgan fingerprint density at radius 2 is 0.512 bits per heavy atom. The standard InChI is InChI=1S/C34H28N2O4.C32H22F2N2O4/c1-17-7-9-23(18(2)11-17)24-10-8-22(12-19(24)3)36-33(39)28-14-21(5)26(16-30(28)34(36)40)25-15-29-27(13-20(25)4)31(37)35(6)32(29)38;1-15-5-7-19(27(33)9-15)20-8-6-18(12-28(20)34)36-31(39)24-11-17(3)22(14-26(24)32(36)40)21-13-25-23(10-16(21)2)29(37)35(4)30(25)38/h7-16H,1-6H3;5-14H,1-4H3. The van der Waals surface area contributed by atoms with Crippen molar-refractivity contribution in [3.63, 3.8) is 0 Å². The number of fused-ring (bicyclic) bond motifs is 4. The second kappa shape index (κ2) is 19.0. The van der Waals surface area contributed by atoms with E-state index in [0.717, 1.165) is 65.3 Å². The van der Waals surface area contributed by atoms with Gasteiger partial charge in [0.15, 0.2) is 0 Å². The first-order valence-corrected chi connectivity index (χ1v) is 25.7. The third-order valence-corrected chi connectivity index (χ3v) is 15.7. The summed E-state index contributed by atoms with van der Waals surface area (Å²) < 4.78 is 29.6. The lowest BCUT2D eigenvalue weighted by Crippen LogP contribution is -2.29. The number of imide groups is 4. The highest BCUT2D eigenvalue weighted by atomic mass is 19.1. The molecule has 396 valence electrons. The van der Waals surface area contributed by atoms with Crippen molar-refractivity contribution < 1.29 is 47.1 Å². The summed E-state index contributed by atoms with van der Waals surface area (Å²) in [5.41, 5.74) is 15.0. The molecule has 12 nitrogen and oxygen atoms in total. The molecule has 4 aliphatic heterocycles. The van der Waals surface area contributed by atoms with Crippen LogP contribution in [0.15, 0.2) is 121 Å². The fraction of sp³-hybridized carbons (Fsp3) is 0.152. The summed E-state index contributed by atoms with van der Waals surface area (Å²) in [5.74, 6) is -4.77. The molecule has 0 atom stereocenters. The first-order chi connectivity index (χ1) is 37.9. The van der Waals surface area contributed by atoms with Gasteiger partial charge in [-0.15, -0.1) is 0 Å². The van der Waals surface area contributed by atoms with E-state index in [1.165, 1.54) is 54.4 Å². The van der Waals surface area contributed by atoms with Crippen molar-refractivity contribution in [1.29, 1.82) is 0 Å². The minimum absolute atomic E-state index is 0.0155. The van der Waals surface area contributed by atoms with Crippen LogP contribution in [-0.2, 0) is 0 Å². The summed E-state index contributed by atoms with van der Waals surface area (Å²) in [7, 11) is 2.89. The highest BCUT2D eigenvalue weighted by Gasteiger charge is 2.41. The Bertz CT molecular complexity index is 3980. The predicted octanol–water partition coefficient (Wildman–Crippen LogP) is 12.8. The summed E-state index contributed by atoms with van der Waals surface area (Å²) in [6.45, 7) is 15.2. The fourth-order valence-corrected chi connectivity index (χ4v) is 11.4. The van der Waals surface area contributed by atoms with Crippen LogP contribution in [0.1, 0.15) is 127 Å². The number of rotatable bonds is 6. The summed E-state index contributed by atoms with van der Waals surface area (Å²) >= 11 is 0. The van der Waals surface area contributed by atoms with E-state index in [1.807, 2.05) is 39.0 Å². The van der Waals surface area contributed by atoms with Crippen LogP contribution in [0.5, 0.6) is 0 Å². The van der Waals surface area contributed by atoms with Gasteiger partial charge in [-0.05, 0) is 213 Å². The molecule has 0 saturated heterocycles. The summed E-state index contributed by atoms with van der Waals surface area (Å²) in [6.07, 6.45) is 0. The van der Waals surface area contributed by atoms with Gasteiger partial charge in [-0.2, -0.15) is 0 Å². The number of nitrogens with zero attached hydrogens (tertiary/aromatic N) is 4. The molecule has 0 N–H and O–H groups in total. The molecule has 8 amide bonds. The second-order valence-corrected chi connectivity index (χ2v) is 21.0. The van der Waals surface area contributed by atoms with Crippen LogP contribution in [0.25, 0.3) is 44.5 Å². The van der Waals surface area contributed by atoms with Gasteiger partial charge in [0, 0.05) is 25.2 Å². The van der Waals surface area contributed by atoms with Gasteiger partial charge in [-0.1, -0.05) is 42.0 Å². The lowest BCUT2D eigenvalue weighted by atomic mass is 9.90. The molecule has 14 heteroatoms. The van der Waals surface area contributed by atoms with Crippen LogP contribution in [-0.4, -0.2) is 71.2 Å². The molecule has 8 aromatic rings. The van der Waals surface area contributed by atoms with E-state index in [-0.39, 0.29) is 63.0 Å². The van der Waals surface area contributed by atoms with Crippen molar-refractivity contribution in [2.45, 2.75) is 55.4 Å². The Morgan fingerprint density at radius 3 is 0.863 bits per heavy atom. The van der Waals surface area contributed by atoms with Gasteiger partial charge in [0.2, 0.25) is 0 Å². The zero-order valence-corrected chi connectivity index (χ0v) is 45.4. The van der Waals surface area contributed by atoms with Crippen molar-refractivity contribution >= 4 is 58.6 Å². The minimum atomic E-state index is -0.772. The lowest BCUT2D eigenvalue weighted by Gasteiger charge is -2.17. The van der Waals surface area contributed by atoms with Crippen LogP contribution in [0.4, 0.5) is 20.2 Å². The highest BCUT2D eigenvalue weighted by molar-refractivity contribution is 6.36. The van der Waals surface area contributed by atoms with Crippen molar-refractivity contribution in [1.82, 2.24) is 9.80 Å². The highest BCUT2D eigenvalue weighted by Crippen LogP contribution is 2.41. The molecule has 4 heterocycles. The summed E-state index contributed by atoms with van der Waals surface area (Å²) in [6, 6.07) is 33.7. The van der Waals surface area contributed by atoms with Crippen LogP contribution in [0.2, 0.25) is 0 Å². The maximum atomic E-state index is 15.2. The molecule has 0 fully saturated rings. The van der Waals surface area contributed by atoms with E-state index in [9.17, 15) is 42.7 Å². The largest absolute Gasteiger partial charge is 0.277 e. The van der Waals surface area contributed by atoms with Gasteiger partial charge >= 0.3 is 0 Å². The molecule has 12 rings (SSSR count). The van der Waals surface area contributed by atoms with Crippen LogP contribution < -0.4 is 9.80 Å². The Morgan fingerprint density at radius 1 is 0.250 bits per heavy atom. The zero-order chi connectivity index (χ0) is 57.2. The van der Waals surface area contributed by atoms with Crippen molar-refractivity contribution in [3.8, 4) is 44.5 Å². The maximum Gasteiger partial charge on any atom is 0.266 e. The first kappa shape index (κ1) is 52.2. The molecule has 0 aromatic heterocycles. The van der Waals surface area contributed by atoms with E-state index >= 15 is 4.39 Å². The van der Waals surface area contributed by atoms with E-state index < -0.39 is 29.4 Å². The van der Waals surface area contributed by atoms with Gasteiger partial charge < -0.3 is 0 Å². The number of carbonyl (C=O) groups is 8. The van der Waals surface area contributed by atoms with Crippen LogP contribution in [0, 0.1) is 67.0 Å². The van der Waals surface area contributed by atoms with Crippen LogP contribution >= 0.6 is 0 Å². The predicted molar refractivity (Wildman–Crippen MR) is 300 cm³/mol.